The molecule has 0 spiro atoms. The van der Waals surface area contributed by atoms with Gasteiger partial charge in [0.05, 0.1) is 5.02 Å². The molecular weight excluding hydrogens is 362 g/mol. The molecule has 0 radical (unpaired) electrons. The molecule has 138 valence electrons. The monoisotopic (exact) mass is 385 g/mol. The average Bonchev–Trinajstić information content (AvgIpc) is 2.62. The second-order valence-corrected chi connectivity index (χ2v) is 9.02. The zero-order valence-corrected chi connectivity index (χ0v) is 16.0. The van der Waals surface area contributed by atoms with Crippen LogP contribution in [0.3, 0.4) is 0 Å². The molecule has 2 fully saturated rings. The van der Waals surface area contributed by atoms with Crippen LogP contribution in [0.5, 0.6) is 0 Å². The molecule has 1 aromatic carbocycles. The summed E-state index contributed by atoms with van der Waals surface area (Å²) in [5, 5.41) is 0.161. The largest absolute Gasteiger partial charge is 0.339 e. The average molecular weight is 386 g/mol. The van der Waals surface area contributed by atoms with Crippen molar-refractivity contribution < 1.29 is 13.2 Å². The van der Waals surface area contributed by atoms with Crippen molar-refractivity contribution in [3.63, 3.8) is 0 Å². The molecule has 2 heterocycles. The normalized spacial score (nSPS) is 20.6. The number of halogens is 1. The molecule has 0 saturated carbocycles. The van der Waals surface area contributed by atoms with Crippen LogP contribution >= 0.6 is 11.6 Å². The van der Waals surface area contributed by atoms with Crippen LogP contribution < -0.4 is 0 Å². The summed E-state index contributed by atoms with van der Waals surface area (Å²) in [4.78, 5) is 16.6. The van der Waals surface area contributed by atoms with Crippen LogP contribution in [0.2, 0.25) is 5.02 Å². The summed E-state index contributed by atoms with van der Waals surface area (Å²) < 4.78 is 27.4. The van der Waals surface area contributed by atoms with Crippen molar-refractivity contribution in [2.24, 2.45) is 0 Å². The van der Waals surface area contributed by atoms with Crippen molar-refractivity contribution in [3.05, 3.63) is 28.8 Å². The number of nitrogens with zero attached hydrogens (tertiary/aromatic N) is 3. The molecule has 0 unspecified atom stereocenters. The highest BCUT2D eigenvalue weighted by atomic mass is 35.5. The van der Waals surface area contributed by atoms with E-state index in [0.29, 0.717) is 31.7 Å². The van der Waals surface area contributed by atoms with Gasteiger partial charge in [-0.05, 0) is 44.5 Å². The third-order valence-corrected chi connectivity index (χ3v) is 7.28. The minimum atomic E-state index is -3.70. The van der Waals surface area contributed by atoms with Gasteiger partial charge in [0, 0.05) is 44.8 Å². The first-order valence-electron chi connectivity index (χ1n) is 8.67. The third kappa shape index (κ3) is 4.00. The maximum Gasteiger partial charge on any atom is 0.253 e. The number of amides is 1. The van der Waals surface area contributed by atoms with Crippen molar-refractivity contribution in [2.45, 2.75) is 24.2 Å². The highest BCUT2D eigenvalue weighted by Gasteiger charge is 2.30. The van der Waals surface area contributed by atoms with Crippen LogP contribution in [-0.4, -0.2) is 74.7 Å². The lowest BCUT2D eigenvalue weighted by Crippen LogP contribution is -2.47. The number of hydrogen-bond donors (Lipinski definition) is 0. The van der Waals surface area contributed by atoms with E-state index in [0.717, 1.165) is 32.4 Å². The summed E-state index contributed by atoms with van der Waals surface area (Å²) in [7, 11) is -1.73. The Balaban J connectivity index is 1.87. The molecule has 1 aromatic rings. The lowest BCUT2D eigenvalue weighted by Gasteiger charge is -2.32. The van der Waals surface area contributed by atoms with Gasteiger partial charge in [0.15, 0.2) is 0 Å². The highest BCUT2D eigenvalue weighted by molar-refractivity contribution is 7.89. The summed E-state index contributed by atoms with van der Waals surface area (Å²) in [5.74, 6) is -0.119. The van der Waals surface area contributed by atoms with Gasteiger partial charge in [0.1, 0.15) is 4.90 Å². The van der Waals surface area contributed by atoms with Crippen LogP contribution in [-0.2, 0) is 10.0 Å². The maximum atomic E-state index is 13.0. The Kier molecular flexibility index (Phi) is 5.68. The fourth-order valence-electron chi connectivity index (χ4n) is 3.28. The number of piperidine rings is 1. The molecule has 0 bridgehead atoms. The van der Waals surface area contributed by atoms with Crippen molar-refractivity contribution in [1.82, 2.24) is 14.1 Å². The Hall–Kier alpha value is -1.15. The number of likely N-dealkylation sites (tertiary alicyclic amines) is 1. The Labute approximate surface area is 154 Å². The molecule has 0 aromatic heterocycles. The van der Waals surface area contributed by atoms with Gasteiger partial charge < -0.3 is 9.80 Å². The van der Waals surface area contributed by atoms with Gasteiger partial charge in [-0.15, -0.1) is 0 Å². The summed E-state index contributed by atoms with van der Waals surface area (Å²) in [6, 6.07) is 4.57. The lowest BCUT2D eigenvalue weighted by atomic mass is 10.1. The minimum Gasteiger partial charge on any atom is -0.339 e. The number of sulfonamides is 1. The van der Waals surface area contributed by atoms with Crippen LogP contribution in [0.25, 0.3) is 0 Å². The van der Waals surface area contributed by atoms with Gasteiger partial charge in [-0.25, -0.2) is 8.42 Å². The van der Waals surface area contributed by atoms with E-state index in [9.17, 15) is 13.2 Å². The first kappa shape index (κ1) is 18.6. The second kappa shape index (κ2) is 7.61. The van der Waals surface area contributed by atoms with E-state index < -0.39 is 10.0 Å². The van der Waals surface area contributed by atoms with E-state index in [-0.39, 0.29) is 15.8 Å². The van der Waals surface area contributed by atoms with Crippen LogP contribution in [0, 0.1) is 0 Å². The van der Waals surface area contributed by atoms with E-state index in [1.807, 2.05) is 7.05 Å². The quantitative estimate of drug-likeness (QED) is 0.797. The maximum absolute atomic E-state index is 13.0. The Morgan fingerprint density at radius 1 is 1.00 bits per heavy atom. The number of hydrogen-bond acceptors (Lipinski definition) is 4. The standard InChI is InChI=1S/C17H24ClN3O3S/c1-19-9-11-21(12-10-19)25(23,24)16-13-14(5-6-15(16)18)17(22)20-7-3-2-4-8-20/h5-6,13H,2-4,7-12H2,1H3. The van der Waals surface area contributed by atoms with Crippen LogP contribution in [0.1, 0.15) is 29.6 Å². The van der Waals surface area contributed by atoms with Gasteiger partial charge >= 0.3 is 0 Å². The molecule has 0 atom stereocenters. The van der Waals surface area contributed by atoms with Gasteiger partial charge in [-0.3, -0.25) is 4.79 Å². The summed E-state index contributed by atoms with van der Waals surface area (Å²) in [5.41, 5.74) is 0.388. The topological polar surface area (TPSA) is 60.9 Å². The van der Waals surface area contributed by atoms with Crippen molar-refractivity contribution >= 4 is 27.5 Å². The molecule has 6 nitrogen and oxygen atoms in total. The predicted octanol–water partition coefficient (Wildman–Crippen LogP) is 1.90. The number of likely N-dealkylation sites (N-methyl/N-ethyl adjacent to an activating group) is 1. The lowest BCUT2D eigenvalue weighted by molar-refractivity contribution is 0.0724. The highest BCUT2D eigenvalue weighted by Crippen LogP contribution is 2.27. The number of rotatable bonds is 3. The van der Waals surface area contributed by atoms with Crippen molar-refractivity contribution in [2.75, 3.05) is 46.3 Å². The third-order valence-electron chi connectivity index (χ3n) is 4.90. The molecular formula is C17H24ClN3O3S. The summed E-state index contributed by atoms with van der Waals surface area (Å²) in [6.07, 6.45) is 3.12. The Bertz CT molecular complexity index is 740. The fraction of sp³-hybridized carbons (Fsp3) is 0.588. The van der Waals surface area contributed by atoms with E-state index in [1.54, 1.807) is 11.0 Å². The molecule has 0 aliphatic carbocycles. The molecule has 0 N–H and O–H groups in total. The number of carbonyl (C=O) groups excluding carboxylic acids is 1. The first-order chi connectivity index (χ1) is 11.9. The van der Waals surface area contributed by atoms with Gasteiger partial charge in [0.25, 0.3) is 5.91 Å². The van der Waals surface area contributed by atoms with Crippen LogP contribution in [0.15, 0.2) is 23.1 Å². The first-order valence-corrected chi connectivity index (χ1v) is 10.5. The van der Waals surface area contributed by atoms with E-state index >= 15 is 0 Å². The molecule has 2 aliphatic heterocycles. The van der Waals surface area contributed by atoms with E-state index in [1.165, 1.54) is 16.4 Å². The molecule has 25 heavy (non-hydrogen) atoms. The van der Waals surface area contributed by atoms with Gasteiger partial charge in [0.2, 0.25) is 10.0 Å². The Morgan fingerprint density at radius 2 is 1.64 bits per heavy atom. The minimum absolute atomic E-state index is 0.0292. The molecule has 2 saturated heterocycles. The summed E-state index contributed by atoms with van der Waals surface area (Å²) >= 11 is 6.18. The van der Waals surface area contributed by atoms with Crippen molar-refractivity contribution in [1.29, 1.82) is 0 Å². The zero-order valence-electron chi connectivity index (χ0n) is 14.4. The number of piperazine rings is 1. The summed E-state index contributed by atoms with van der Waals surface area (Å²) in [6.45, 7) is 3.68. The SMILES string of the molecule is CN1CCN(S(=O)(=O)c2cc(C(=O)N3CCCCC3)ccc2Cl)CC1. The molecule has 8 heteroatoms. The smallest absolute Gasteiger partial charge is 0.253 e. The molecule has 2 aliphatic rings. The molecule has 1 amide bonds. The van der Waals surface area contributed by atoms with E-state index in [2.05, 4.69) is 4.90 Å². The van der Waals surface area contributed by atoms with Crippen LogP contribution in [0.4, 0.5) is 0 Å². The van der Waals surface area contributed by atoms with Gasteiger partial charge in [-0.1, -0.05) is 11.6 Å². The number of carbonyl (C=O) groups is 1. The van der Waals surface area contributed by atoms with E-state index in [4.69, 9.17) is 11.6 Å². The van der Waals surface area contributed by atoms with Gasteiger partial charge in [-0.2, -0.15) is 4.31 Å². The predicted molar refractivity (Wildman–Crippen MR) is 97.5 cm³/mol. The number of benzene rings is 1. The molecule has 3 rings (SSSR count). The zero-order chi connectivity index (χ0) is 18.0. The second-order valence-electron chi connectivity index (χ2n) is 6.71. The van der Waals surface area contributed by atoms with Crippen molar-refractivity contribution in [3.8, 4) is 0 Å². The fourth-order valence-corrected chi connectivity index (χ4v) is 5.20. The Morgan fingerprint density at radius 3 is 2.28 bits per heavy atom.